The lowest BCUT2D eigenvalue weighted by molar-refractivity contribution is 1.19. The Kier molecular flexibility index (Phi) is 7.85. The molecule has 0 N–H and O–H groups in total. The third-order valence-electron chi connectivity index (χ3n) is 10.5. The summed E-state index contributed by atoms with van der Waals surface area (Å²) in [5.41, 5.74) is 11.8. The van der Waals surface area contributed by atoms with E-state index in [0.717, 1.165) is 72.1 Å². The second-order valence-corrected chi connectivity index (χ2v) is 13.7. The van der Waals surface area contributed by atoms with E-state index >= 15 is 0 Å². The molecule has 0 radical (unpaired) electrons. The van der Waals surface area contributed by atoms with Crippen molar-refractivity contribution in [3.63, 3.8) is 0 Å². The van der Waals surface area contributed by atoms with E-state index in [1.807, 2.05) is 0 Å². The van der Waals surface area contributed by atoms with E-state index in [1.165, 1.54) is 21.7 Å². The van der Waals surface area contributed by atoms with E-state index in [1.54, 1.807) is 0 Å². The highest BCUT2D eigenvalue weighted by Gasteiger charge is 2.20. The molecule has 0 unspecified atom stereocenters. The van der Waals surface area contributed by atoms with Crippen LogP contribution in [0.15, 0.2) is 206 Å². The van der Waals surface area contributed by atoms with Crippen molar-refractivity contribution in [2.24, 2.45) is 0 Å². The van der Waals surface area contributed by atoms with Gasteiger partial charge in [-0.05, 0) is 83.9 Å². The number of benzene rings is 9. The lowest BCUT2D eigenvalue weighted by Crippen LogP contribution is -1.99. The zero-order valence-electron chi connectivity index (χ0n) is 29.5. The Morgan fingerprint density at radius 1 is 0.259 bits per heavy atom. The van der Waals surface area contributed by atoms with Gasteiger partial charge in [-0.3, -0.25) is 0 Å². The number of fused-ring (bicyclic) bond motifs is 4. The normalized spacial score (nSPS) is 11.3. The monoisotopic (exact) mass is 686 g/mol. The van der Waals surface area contributed by atoms with Gasteiger partial charge in [0, 0.05) is 16.7 Å². The van der Waals surface area contributed by atoms with Crippen molar-refractivity contribution < 1.29 is 0 Å². The predicted octanol–water partition coefficient (Wildman–Crippen LogP) is 13.9. The lowest BCUT2D eigenvalue weighted by Gasteiger charge is -2.18. The van der Waals surface area contributed by atoms with Crippen LogP contribution in [0.4, 0.5) is 0 Å². The Hall–Kier alpha value is -7.16. The summed E-state index contributed by atoms with van der Waals surface area (Å²) in [6, 6.07) is 73.4. The van der Waals surface area contributed by atoms with Crippen LogP contribution in [0.25, 0.3) is 99.6 Å². The molecule has 10 rings (SSSR count). The Morgan fingerprint density at radius 3 is 1.50 bits per heavy atom. The fourth-order valence-corrected chi connectivity index (χ4v) is 7.91. The van der Waals surface area contributed by atoms with Gasteiger partial charge in [-0.2, -0.15) is 0 Å². The summed E-state index contributed by atoms with van der Waals surface area (Å²) in [6.07, 6.45) is 0. The van der Waals surface area contributed by atoms with Crippen LogP contribution < -0.4 is 0 Å². The number of hydrogen-bond donors (Lipinski definition) is 0. The van der Waals surface area contributed by atoms with Gasteiger partial charge in [0.05, 0.1) is 11.4 Å². The summed E-state index contributed by atoms with van der Waals surface area (Å²) < 4.78 is 0. The molecule has 9 aromatic carbocycles. The van der Waals surface area contributed by atoms with E-state index in [-0.39, 0.29) is 0 Å². The number of rotatable bonds is 6. The SMILES string of the molecule is c1ccc(-c2ccc(-c3cc(-c4ccccc4-c4ccccc4)nc(-c4c5ccccc5cc5c4ccc4ccccc45)n3)c(-c3ccccc3)c2)cc1. The smallest absolute Gasteiger partial charge is 0.161 e. The summed E-state index contributed by atoms with van der Waals surface area (Å²) in [5.74, 6) is 0.702. The average molecular weight is 687 g/mol. The van der Waals surface area contributed by atoms with Gasteiger partial charge in [0.25, 0.3) is 0 Å². The molecule has 1 heterocycles. The standard InChI is InChI=1S/C52H34N2/c1-4-16-35(17-5-1)39-29-30-45(47(32-39)37-20-8-3-9-21-37)50-34-49(44-27-15-14-24-41(44)36-18-6-2-7-19-36)53-52(54-50)51-43-26-13-11-23-40(43)33-48-42-25-12-10-22-38(42)28-31-46(48)51/h1-34H. The third-order valence-corrected chi connectivity index (χ3v) is 10.5. The summed E-state index contributed by atoms with van der Waals surface area (Å²) in [4.78, 5) is 11.1. The van der Waals surface area contributed by atoms with Gasteiger partial charge in [-0.15, -0.1) is 0 Å². The van der Waals surface area contributed by atoms with Gasteiger partial charge in [0.1, 0.15) is 0 Å². The lowest BCUT2D eigenvalue weighted by atomic mass is 9.91. The Balaban J connectivity index is 1.30. The van der Waals surface area contributed by atoms with Crippen molar-refractivity contribution in [1.29, 1.82) is 0 Å². The average Bonchev–Trinajstić information content (AvgIpc) is 3.26. The van der Waals surface area contributed by atoms with Crippen molar-refractivity contribution in [1.82, 2.24) is 9.97 Å². The molecular formula is C52H34N2. The first kappa shape index (κ1) is 31.6. The minimum Gasteiger partial charge on any atom is -0.228 e. The zero-order chi connectivity index (χ0) is 35.8. The molecule has 2 nitrogen and oxygen atoms in total. The molecule has 10 aromatic rings. The minimum absolute atomic E-state index is 0.702. The maximum absolute atomic E-state index is 5.56. The van der Waals surface area contributed by atoms with E-state index in [9.17, 15) is 0 Å². The van der Waals surface area contributed by atoms with Crippen LogP contribution in [-0.4, -0.2) is 9.97 Å². The zero-order valence-corrected chi connectivity index (χ0v) is 29.5. The number of aromatic nitrogens is 2. The van der Waals surface area contributed by atoms with Crippen LogP contribution in [0, 0.1) is 0 Å². The molecule has 0 amide bonds. The molecule has 2 heteroatoms. The Bertz CT molecular complexity index is 2970. The second-order valence-electron chi connectivity index (χ2n) is 13.7. The molecule has 0 bridgehead atoms. The van der Waals surface area contributed by atoms with Crippen LogP contribution in [0.2, 0.25) is 0 Å². The molecule has 0 atom stereocenters. The quantitative estimate of drug-likeness (QED) is 0.129. The van der Waals surface area contributed by atoms with Gasteiger partial charge in [-0.1, -0.05) is 188 Å². The number of nitrogens with zero attached hydrogens (tertiary/aromatic N) is 2. The molecule has 0 spiro atoms. The highest BCUT2D eigenvalue weighted by atomic mass is 14.9. The topological polar surface area (TPSA) is 25.8 Å². The van der Waals surface area contributed by atoms with Crippen LogP contribution in [0.1, 0.15) is 0 Å². The fraction of sp³-hybridized carbons (Fsp3) is 0. The summed E-state index contributed by atoms with van der Waals surface area (Å²) in [6.45, 7) is 0. The Labute approximate surface area is 314 Å². The van der Waals surface area contributed by atoms with E-state index in [4.69, 9.17) is 9.97 Å². The molecule has 0 aliphatic heterocycles. The predicted molar refractivity (Wildman–Crippen MR) is 227 cm³/mol. The number of hydrogen-bond acceptors (Lipinski definition) is 2. The minimum atomic E-state index is 0.702. The van der Waals surface area contributed by atoms with Gasteiger partial charge in [0.2, 0.25) is 0 Å². The van der Waals surface area contributed by atoms with Crippen molar-refractivity contribution in [2.45, 2.75) is 0 Å². The molecule has 252 valence electrons. The van der Waals surface area contributed by atoms with Gasteiger partial charge in [0.15, 0.2) is 5.82 Å². The molecule has 0 saturated heterocycles. The van der Waals surface area contributed by atoms with Crippen LogP contribution in [0.5, 0.6) is 0 Å². The maximum Gasteiger partial charge on any atom is 0.161 e. The highest BCUT2D eigenvalue weighted by Crippen LogP contribution is 2.42. The first-order valence-corrected chi connectivity index (χ1v) is 18.4. The van der Waals surface area contributed by atoms with Crippen molar-refractivity contribution in [3.05, 3.63) is 206 Å². The summed E-state index contributed by atoms with van der Waals surface area (Å²) >= 11 is 0. The van der Waals surface area contributed by atoms with Crippen LogP contribution in [-0.2, 0) is 0 Å². The van der Waals surface area contributed by atoms with Crippen LogP contribution in [0.3, 0.4) is 0 Å². The molecular weight excluding hydrogens is 653 g/mol. The van der Waals surface area contributed by atoms with E-state index in [2.05, 4.69) is 206 Å². The first-order chi connectivity index (χ1) is 26.8. The third kappa shape index (κ3) is 5.62. The van der Waals surface area contributed by atoms with Crippen molar-refractivity contribution in [3.8, 4) is 67.3 Å². The van der Waals surface area contributed by atoms with Crippen molar-refractivity contribution in [2.75, 3.05) is 0 Å². The molecule has 0 fully saturated rings. The Morgan fingerprint density at radius 2 is 0.796 bits per heavy atom. The van der Waals surface area contributed by atoms with Gasteiger partial charge < -0.3 is 0 Å². The maximum atomic E-state index is 5.56. The fourth-order valence-electron chi connectivity index (χ4n) is 7.91. The van der Waals surface area contributed by atoms with Gasteiger partial charge in [-0.25, -0.2) is 9.97 Å². The molecule has 0 aliphatic rings. The first-order valence-electron chi connectivity index (χ1n) is 18.4. The molecule has 1 aromatic heterocycles. The summed E-state index contributed by atoms with van der Waals surface area (Å²) in [7, 11) is 0. The molecule has 54 heavy (non-hydrogen) atoms. The van der Waals surface area contributed by atoms with E-state index in [0.29, 0.717) is 5.82 Å². The van der Waals surface area contributed by atoms with Crippen molar-refractivity contribution >= 4 is 32.3 Å². The largest absolute Gasteiger partial charge is 0.228 e. The molecule has 0 aliphatic carbocycles. The second kappa shape index (κ2) is 13.4. The van der Waals surface area contributed by atoms with Crippen LogP contribution >= 0.6 is 0 Å². The van der Waals surface area contributed by atoms with E-state index < -0.39 is 0 Å². The molecule has 0 saturated carbocycles. The highest BCUT2D eigenvalue weighted by molar-refractivity contribution is 6.19. The summed E-state index contributed by atoms with van der Waals surface area (Å²) in [5, 5.41) is 7.05. The van der Waals surface area contributed by atoms with Gasteiger partial charge >= 0.3 is 0 Å².